The number of primary amides is 1. The number of carbonyl (C=O) groups excluding carboxylic acids is 3. The van der Waals surface area contributed by atoms with E-state index in [1.807, 2.05) is 67.3 Å². The van der Waals surface area contributed by atoms with Gasteiger partial charge in [-0.15, -0.1) is 0 Å². The summed E-state index contributed by atoms with van der Waals surface area (Å²) < 4.78 is 0. The monoisotopic (exact) mass is 546 g/mol. The predicted molar refractivity (Wildman–Crippen MR) is 161 cm³/mol. The highest BCUT2D eigenvalue weighted by atomic mass is 16.2. The van der Waals surface area contributed by atoms with E-state index in [0.29, 0.717) is 31.8 Å². The summed E-state index contributed by atoms with van der Waals surface area (Å²) in [5.41, 5.74) is 8.63. The maximum Gasteiger partial charge on any atom is 0.251 e. The van der Waals surface area contributed by atoms with Crippen LogP contribution in [0.2, 0.25) is 0 Å². The quantitative estimate of drug-likeness (QED) is 0.352. The van der Waals surface area contributed by atoms with Crippen LogP contribution in [-0.2, 0) is 14.4 Å². The minimum atomic E-state index is -0.768. The third kappa shape index (κ3) is 7.04. The molecule has 2 aromatic carbocycles. The smallest absolute Gasteiger partial charge is 0.251 e. The summed E-state index contributed by atoms with van der Waals surface area (Å²) in [4.78, 5) is 44.9. The maximum absolute atomic E-state index is 14.3. The Morgan fingerprint density at radius 1 is 0.975 bits per heavy atom. The lowest BCUT2D eigenvalue weighted by Gasteiger charge is -2.30. The largest absolute Gasteiger partial charge is 0.369 e. The molecule has 216 valence electrons. The van der Waals surface area contributed by atoms with Gasteiger partial charge in [0, 0.05) is 24.1 Å². The number of rotatable bonds is 12. The number of hydrogen-bond donors (Lipinski definition) is 2. The topological polar surface area (TPSA) is 95.7 Å². The molecule has 2 aliphatic rings. The van der Waals surface area contributed by atoms with Gasteiger partial charge in [0.05, 0.1) is 17.9 Å². The van der Waals surface area contributed by atoms with Crippen LogP contribution in [0.3, 0.4) is 0 Å². The first-order chi connectivity index (χ1) is 19.3. The number of carbonyl (C=O) groups is 3. The summed E-state index contributed by atoms with van der Waals surface area (Å²) in [6.07, 6.45) is 7.45. The summed E-state index contributed by atoms with van der Waals surface area (Å²) in [6.45, 7) is 7.10. The Labute approximate surface area is 239 Å². The van der Waals surface area contributed by atoms with Gasteiger partial charge < -0.3 is 20.9 Å². The molecule has 1 aliphatic heterocycles. The molecule has 7 nitrogen and oxygen atoms in total. The van der Waals surface area contributed by atoms with E-state index in [1.165, 1.54) is 12.8 Å². The molecule has 7 heteroatoms. The van der Waals surface area contributed by atoms with Crippen molar-refractivity contribution in [3.8, 4) is 0 Å². The van der Waals surface area contributed by atoms with Crippen LogP contribution in [0.4, 0.5) is 17.1 Å². The number of nitrogens with one attached hydrogen (secondary N) is 1. The Kier molecular flexibility index (Phi) is 10.2. The number of unbranched alkanes of at least 4 members (excludes halogenated alkanes) is 1. The molecule has 2 aromatic rings. The van der Waals surface area contributed by atoms with Crippen molar-refractivity contribution in [3.63, 3.8) is 0 Å². The van der Waals surface area contributed by atoms with Crippen molar-refractivity contribution < 1.29 is 14.4 Å². The van der Waals surface area contributed by atoms with E-state index in [0.717, 1.165) is 42.7 Å². The third-order valence-corrected chi connectivity index (χ3v) is 8.47. The Hall–Kier alpha value is -3.35. The number of nitrogens with zero attached hydrogens (tertiary/aromatic N) is 2. The van der Waals surface area contributed by atoms with Gasteiger partial charge in [-0.2, -0.15) is 0 Å². The lowest BCUT2D eigenvalue weighted by molar-refractivity contribution is -0.136. The molecule has 0 saturated heterocycles. The minimum Gasteiger partial charge on any atom is -0.369 e. The van der Waals surface area contributed by atoms with Crippen molar-refractivity contribution in [2.45, 2.75) is 78.2 Å². The summed E-state index contributed by atoms with van der Waals surface area (Å²) in [6, 6.07) is 17.3. The molecule has 3 N–H and O–H groups in total. The van der Waals surface area contributed by atoms with Gasteiger partial charge in [-0.05, 0) is 61.8 Å². The lowest BCUT2D eigenvalue weighted by Crippen LogP contribution is -2.54. The number of para-hydroxylation sites is 3. The molecule has 3 atom stereocenters. The molecule has 1 saturated carbocycles. The summed E-state index contributed by atoms with van der Waals surface area (Å²) in [5.74, 6) is -1.28. The molecule has 3 amide bonds. The highest BCUT2D eigenvalue weighted by Crippen LogP contribution is 2.39. The first-order valence-corrected chi connectivity index (χ1v) is 15.1. The second kappa shape index (κ2) is 13.8. The SMILES string of the molecule is CCCC[C@H](C(N)=O)[C@@H](CC(C)C)C(=O)NC1CN(c2ccccc2)c2ccccc2N(CC2CCCC2)C1=O. The maximum atomic E-state index is 14.3. The van der Waals surface area contributed by atoms with Crippen LogP contribution >= 0.6 is 0 Å². The zero-order chi connectivity index (χ0) is 28.6. The second-order valence-corrected chi connectivity index (χ2v) is 12.0. The average Bonchev–Trinajstić information content (AvgIpc) is 3.43. The van der Waals surface area contributed by atoms with E-state index in [1.54, 1.807) is 0 Å². The number of fused-ring (bicyclic) bond motifs is 1. The first-order valence-electron chi connectivity index (χ1n) is 15.1. The standard InChI is InChI=1S/C33H46N4O3/c1-4-5-17-26(31(34)38)27(20-23(2)3)32(39)35-28-22-36(25-15-7-6-8-16-25)29-18-11-12-19-30(29)37(33(28)40)21-24-13-9-10-14-24/h6-8,11-12,15-16,18-19,23-24,26-28H,4-5,9-10,13-14,17,20-22H2,1-3H3,(H2,34,38)(H,35,39)/t26-,27+,28?/m0/s1. The number of benzene rings is 2. The molecular weight excluding hydrogens is 500 g/mol. The first kappa shape index (κ1) is 29.6. The van der Waals surface area contributed by atoms with Gasteiger partial charge in [0.25, 0.3) is 5.91 Å². The van der Waals surface area contributed by atoms with E-state index in [9.17, 15) is 14.4 Å². The van der Waals surface area contributed by atoms with Crippen molar-refractivity contribution in [2.24, 2.45) is 29.4 Å². The van der Waals surface area contributed by atoms with Crippen molar-refractivity contribution in [1.82, 2.24) is 5.32 Å². The number of nitrogens with two attached hydrogens (primary N) is 1. The molecule has 40 heavy (non-hydrogen) atoms. The van der Waals surface area contributed by atoms with E-state index in [-0.39, 0.29) is 17.7 Å². The van der Waals surface area contributed by atoms with Crippen LogP contribution in [0.1, 0.15) is 72.1 Å². The molecule has 0 radical (unpaired) electrons. The molecule has 4 rings (SSSR count). The minimum absolute atomic E-state index is 0.0985. The van der Waals surface area contributed by atoms with Crippen LogP contribution in [0.15, 0.2) is 54.6 Å². The van der Waals surface area contributed by atoms with E-state index < -0.39 is 23.8 Å². The normalized spacial score (nSPS) is 19.3. The summed E-state index contributed by atoms with van der Waals surface area (Å²) >= 11 is 0. The molecule has 0 bridgehead atoms. The Bertz CT molecular complexity index is 1150. The third-order valence-electron chi connectivity index (χ3n) is 8.47. The molecular formula is C33H46N4O3. The van der Waals surface area contributed by atoms with Crippen molar-refractivity contribution >= 4 is 34.8 Å². The van der Waals surface area contributed by atoms with Crippen LogP contribution < -0.4 is 20.9 Å². The molecule has 1 aliphatic carbocycles. The number of anilines is 3. The van der Waals surface area contributed by atoms with E-state index >= 15 is 0 Å². The highest BCUT2D eigenvalue weighted by molar-refractivity contribution is 6.04. The summed E-state index contributed by atoms with van der Waals surface area (Å²) in [5, 5.41) is 3.14. The van der Waals surface area contributed by atoms with Gasteiger partial charge in [-0.25, -0.2) is 0 Å². The Balaban J connectivity index is 1.70. The van der Waals surface area contributed by atoms with Crippen molar-refractivity contribution in [2.75, 3.05) is 22.9 Å². The van der Waals surface area contributed by atoms with E-state index in [2.05, 4.69) is 23.2 Å². The number of amides is 3. The van der Waals surface area contributed by atoms with Gasteiger partial charge in [-0.3, -0.25) is 14.4 Å². The fourth-order valence-corrected chi connectivity index (χ4v) is 6.39. The average molecular weight is 547 g/mol. The highest BCUT2D eigenvalue weighted by Gasteiger charge is 2.39. The van der Waals surface area contributed by atoms with Crippen LogP contribution in [0.5, 0.6) is 0 Å². The molecule has 1 fully saturated rings. The number of hydrogen-bond acceptors (Lipinski definition) is 4. The van der Waals surface area contributed by atoms with Gasteiger partial charge in [0.1, 0.15) is 6.04 Å². The van der Waals surface area contributed by atoms with E-state index in [4.69, 9.17) is 5.73 Å². The molecule has 0 aromatic heterocycles. The van der Waals surface area contributed by atoms with Crippen LogP contribution in [0.25, 0.3) is 0 Å². The van der Waals surface area contributed by atoms with Crippen molar-refractivity contribution in [1.29, 1.82) is 0 Å². The van der Waals surface area contributed by atoms with Gasteiger partial charge in [-0.1, -0.05) is 76.8 Å². The van der Waals surface area contributed by atoms with Crippen molar-refractivity contribution in [3.05, 3.63) is 54.6 Å². The fraction of sp³-hybridized carbons (Fsp3) is 0.545. The zero-order valence-electron chi connectivity index (χ0n) is 24.4. The Morgan fingerprint density at radius 2 is 1.62 bits per heavy atom. The van der Waals surface area contributed by atoms with Crippen LogP contribution in [-0.4, -0.2) is 36.9 Å². The zero-order valence-corrected chi connectivity index (χ0v) is 24.4. The lowest BCUT2D eigenvalue weighted by atomic mass is 9.81. The molecule has 1 heterocycles. The predicted octanol–water partition coefficient (Wildman–Crippen LogP) is 5.80. The summed E-state index contributed by atoms with van der Waals surface area (Å²) in [7, 11) is 0. The van der Waals surface area contributed by atoms with Gasteiger partial charge in [0.15, 0.2) is 0 Å². The van der Waals surface area contributed by atoms with Gasteiger partial charge in [0.2, 0.25) is 11.8 Å². The molecule has 1 unspecified atom stereocenters. The second-order valence-electron chi connectivity index (χ2n) is 12.0. The van der Waals surface area contributed by atoms with Crippen LogP contribution in [0, 0.1) is 23.7 Å². The van der Waals surface area contributed by atoms with Gasteiger partial charge >= 0.3 is 0 Å². The Morgan fingerprint density at radius 3 is 2.25 bits per heavy atom. The fourth-order valence-electron chi connectivity index (χ4n) is 6.39. The molecule has 0 spiro atoms.